The summed E-state index contributed by atoms with van der Waals surface area (Å²) in [6.07, 6.45) is 7.12. The summed E-state index contributed by atoms with van der Waals surface area (Å²) in [5.41, 5.74) is 1.52. The molecule has 7 nitrogen and oxygen atoms in total. The number of aryl methyl sites for hydroxylation is 1. The van der Waals surface area contributed by atoms with Gasteiger partial charge in [-0.05, 0) is 43.5 Å². The first-order valence-corrected chi connectivity index (χ1v) is 11.0. The number of nitrogens with zero attached hydrogens (tertiary/aromatic N) is 4. The van der Waals surface area contributed by atoms with E-state index in [0.717, 1.165) is 28.9 Å². The van der Waals surface area contributed by atoms with Gasteiger partial charge in [0.25, 0.3) is 5.56 Å². The summed E-state index contributed by atoms with van der Waals surface area (Å²) in [5, 5.41) is 3.50. The highest BCUT2D eigenvalue weighted by molar-refractivity contribution is 9.10. The molecule has 8 heteroatoms. The number of nitrogens with one attached hydrogen (secondary N) is 1. The molecule has 156 valence electrons. The van der Waals surface area contributed by atoms with E-state index in [4.69, 9.17) is 0 Å². The van der Waals surface area contributed by atoms with Crippen LogP contribution in [0.4, 0.5) is 5.82 Å². The molecule has 0 aliphatic carbocycles. The third kappa shape index (κ3) is 4.70. The molecule has 0 radical (unpaired) electrons. The molecule has 4 rings (SSSR count). The first-order valence-electron chi connectivity index (χ1n) is 10.2. The van der Waals surface area contributed by atoms with Crippen molar-refractivity contribution in [2.24, 2.45) is 0 Å². The van der Waals surface area contributed by atoms with E-state index >= 15 is 0 Å². The smallest absolute Gasteiger partial charge is 0.261 e. The molecule has 0 unspecified atom stereocenters. The van der Waals surface area contributed by atoms with Crippen molar-refractivity contribution in [1.29, 1.82) is 0 Å². The Morgan fingerprint density at radius 2 is 1.97 bits per heavy atom. The van der Waals surface area contributed by atoms with Crippen LogP contribution in [0.15, 0.2) is 52.1 Å². The minimum absolute atomic E-state index is 0.107. The lowest BCUT2D eigenvalue weighted by Crippen LogP contribution is -2.32. The van der Waals surface area contributed by atoms with Gasteiger partial charge in [0.15, 0.2) is 0 Å². The zero-order valence-electron chi connectivity index (χ0n) is 16.7. The lowest BCUT2D eigenvalue weighted by Gasteiger charge is -2.29. The number of benzene rings is 1. The zero-order chi connectivity index (χ0) is 20.9. The van der Waals surface area contributed by atoms with Crippen molar-refractivity contribution in [3.05, 3.63) is 63.2 Å². The van der Waals surface area contributed by atoms with Crippen molar-refractivity contribution in [3.63, 3.8) is 0 Å². The molecule has 1 N–H and O–H groups in total. The van der Waals surface area contributed by atoms with E-state index in [1.807, 2.05) is 18.2 Å². The van der Waals surface area contributed by atoms with Crippen LogP contribution >= 0.6 is 15.9 Å². The number of fused-ring (bicyclic) bond motifs is 1. The van der Waals surface area contributed by atoms with Crippen LogP contribution in [0.25, 0.3) is 10.9 Å². The molecule has 0 saturated carbocycles. The highest BCUT2D eigenvalue weighted by Gasteiger charge is 2.16. The first-order chi connectivity index (χ1) is 14.6. The summed E-state index contributed by atoms with van der Waals surface area (Å²) < 4.78 is 2.31. The van der Waals surface area contributed by atoms with Crippen molar-refractivity contribution in [2.75, 3.05) is 18.0 Å². The Labute approximate surface area is 183 Å². The van der Waals surface area contributed by atoms with Gasteiger partial charge in [-0.2, -0.15) is 0 Å². The van der Waals surface area contributed by atoms with Crippen molar-refractivity contribution in [3.8, 4) is 0 Å². The highest BCUT2D eigenvalue weighted by Crippen LogP contribution is 2.21. The summed E-state index contributed by atoms with van der Waals surface area (Å²) in [4.78, 5) is 36.2. The topological polar surface area (TPSA) is 80.1 Å². The predicted octanol–water partition coefficient (Wildman–Crippen LogP) is 3.25. The predicted molar refractivity (Wildman–Crippen MR) is 120 cm³/mol. The van der Waals surface area contributed by atoms with Crippen LogP contribution in [0.2, 0.25) is 0 Å². The Kier molecular flexibility index (Phi) is 6.42. The maximum Gasteiger partial charge on any atom is 0.261 e. The second-order valence-electron chi connectivity index (χ2n) is 7.47. The fourth-order valence-corrected chi connectivity index (χ4v) is 4.11. The van der Waals surface area contributed by atoms with E-state index in [-0.39, 0.29) is 24.4 Å². The molecule has 2 aromatic heterocycles. The Morgan fingerprint density at radius 1 is 1.13 bits per heavy atom. The van der Waals surface area contributed by atoms with Gasteiger partial charge in [-0.1, -0.05) is 22.0 Å². The van der Waals surface area contributed by atoms with Crippen LogP contribution in [-0.2, 0) is 17.9 Å². The van der Waals surface area contributed by atoms with Crippen molar-refractivity contribution >= 4 is 38.6 Å². The molecule has 1 aliphatic rings. The fraction of sp³-hybridized carbons (Fsp3) is 0.364. The van der Waals surface area contributed by atoms with Gasteiger partial charge >= 0.3 is 0 Å². The summed E-state index contributed by atoms with van der Waals surface area (Å²) >= 11 is 3.38. The number of aromatic nitrogens is 3. The van der Waals surface area contributed by atoms with E-state index < -0.39 is 0 Å². The van der Waals surface area contributed by atoms with Gasteiger partial charge in [-0.25, -0.2) is 9.97 Å². The minimum Gasteiger partial charge on any atom is -0.356 e. The van der Waals surface area contributed by atoms with Gasteiger partial charge in [0.1, 0.15) is 5.82 Å². The second kappa shape index (κ2) is 9.38. The summed E-state index contributed by atoms with van der Waals surface area (Å²) in [7, 11) is 0. The maximum atomic E-state index is 12.6. The molecule has 1 aromatic carbocycles. The normalized spacial score (nSPS) is 14.1. The van der Waals surface area contributed by atoms with Crippen LogP contribution < -0.4 is 15.8 Å². The third-order valence-electron chi connectivity index (χ3n) is 5.36. The number of pyridine rings is 1. The van der Waals surface area contributed by atoms with Gasteiger partial charge in [0.2, 0.25) is 5.91 Å². The molecule has 0 atom stereocenters. The lowest BCUT2D eigenvalue weighted by molar-refractivity contribution is -0.121. The number of halogens is 1. The molecule has 3 aromatic rings. The van der Waals surface area contributed by atoms with Crippen LogP contribution in [0, 0.1) is 0 Å². The van der Waals surface area contributed by atoms with E-state index in [1.54, 1.807) is 18.3 Å². The quantitative estimate of drug-likeness (QED) is 0.599. The Hall–Kier alpha value is -2.74. The van der Waals surface area contributed by atoms with E-state index in [9.17, 15) is 9.59 Å². The lowest BCUT2D eigenvalue weighted by atomic mass is 10.1. The van der Waals surface area contributed by atoms with Crippen LogP contribution in [0.1, 0.15) is 31.2 Å². The van der Waals surface area contributed by atoms with Gasteiger partial charge in [0.05, 0.1) is 17.2 Å². The molecular weight excluding hydrogens is 446 g/mol. The number of hydrogen-bond donors (Lipinski definition) is 1. The molecule has 30 heavy (non-hydrogen) atoms. The van der Waals surface area contributed by atoms with Crippen LogP contribution in [0.3, 0.4) is 0 Å². The first kappa shape index (κ1) is 20.5. The Bertz CT molecular complexity index is 1110. The minimum atomic E-state index is -0.145. The van der Waals surface area contributed by atoms with E-state index in [2.05, 4.69) is 36.1 Å². The van der Waals surface area contributed by atoms with Gasteiger partial charge in [-0.15, -0.1) is 0 Å². The Balaban J connectivity index is 1.38. The molecule has 1 aliphatic heterocycles. The summed E-state index contributed by atoms with van der Waals surface area (Å²) in [6.45, 7) is 2.72. The molecule has 0 bridgehead atoms. The molecule has 1 saturated heterocycles. The van der Waals surface area contributed by atoms with Crippen LogP contribution in [0.5, 0.6) is 0 Å². The van der Waals surface area contributed by atoms with E-state index in [0.29, 0.717) is 17.4 Å². The molecule has 1 amide bonds. The van der Waals surface area contributed by atoms with Gasteiger partial charge in [0, 0.05) is 48.8 Å². The molecule has 0 spiro atoms. The van der Waals surface area contributed by atoms with Crippen molar-refractivity contribution < 1.29 is 4.79 Å². The monoisotopic (exact) mass is 469 g/mol. The number of anilines is 1. The summed E-state index contributed by atoms with van der Waals surface area (Å²) in [5.74, 6) is 0.850. The highest BCUT2D eigenvalue weighted by atomic mass is 79.9. The molecular formula is C22H24BrN5O2. The average Bonchev–Trinajstić information content (AvgIpc) is 2.78. The average molecular weight is 470 g/mol. The zero-order valence-corrected chi connectivity index (χ0v) is 18.3. The number of piperidine rings is 1. The number of carbonyl (C=O) groups excluding carboxylic acids is 1. The summed E-state index contributed by atoms with van der Waals surface area (Å²) in [6, 6.07) is 9.31. The standard InChI is InChI=1S/C22H24BrN5O2/c23-17-6-7-19-18(13-17)22(30)28(15-26-19)12-8-20(29)25-14-16-5-4-9-24-21(16)27-10-2-1-3-11-27/h4-7,9,13,15H,1-3,8,10-12,14H2,(H,25,29). The molecule has 1 fully saturated rings. The third-order valence-corrected chi connectivity index (χ3v) is 5.86. The number of carbonyl (C=O) groups is 1. The van der Waals surface area contributed by atoms with Gasteiger partial charge < -0.3 is 10.2 Å². The maximum absolute atomic E-state index is 12.6. The fourth-order valence-electron chi connectivity index (χ4n) is 3.75. The van der Waals surface area contributed by atoms with Gasteiger partial charge in [-0.3, -0.25) is 14.2 Å². The SMILES string of the molecule is O=C(CCn1cnc2ccc(Br)cc2c1=O)NCc1cccnc1N1CCCCC1. The largest absolute Gasteiger partial charge is 0.356 e. The number of hydrogen-bond acceptors (Lipinski definition) is 5. The number of amides is 1. The van der Waals surface area contributed by atoms with Crippen molar-refractivity contribution in [1.82, 2.24) is 19.9 Å². The van der Waals surface area contributed by atoms with Crippen LogP contribution in [-0.4, -0.2) is 33.5 Å². The molecule has 3 heterocycles. The Morgan fingerprint density at radius 3 is 2.80 bits per heavy atom. The number of rotatable bonds is 6. The van der Waals surface area contributed by atoms with Crippen molar-refractivity contribution in [2.45, 2.75) is 38.8 Å². The second-order valence-corrected chi connectivity index (χ2v) is 8.38. The van der Waals surface area contributed by atoms with E-state index in [1.165, 1.54) is 30.2 Å².